The highest BCUT2D eigenvalue weighted by atomic mass is 16.1. The van der Waals surface area contributed by atoms with Crippen molar-refractivity contribution in [2.24, 2.45) is 11.1 Å². The van der Waals surface area contributed by atoms with E-state index in [-0.39, 0.29) is 11.0 Å². The van der Waals surface area contributed by atoms with Crippen molar-refractivity contribution in [2.75, 3.05) is 0 Å². The molecular weight excluding hydrogens is 152 g/mol. The molecule has 1 aliphatic carbocycles. The molecular formula is C9H12N2O. The van der Waals surface area contributed by atoms with Crippen molar-refractivity contribution in [3.63, 3.8) is 0 Å². The lowest BCUT2D eigenvalue weighted by atomic mass is 9.69. The zero-order valence-corrected chi connectivity index (χ0v) is 7.13. The van der Waals surface area contributed by atoms with Gasteiger partial charge in [-0.05, 0) is 18.3 Å². The summed E-state index contributed by atoms with van der Waals surface area (Å²) in [5.74, 6) is -0.620. The Bertz CT molecular complexity index is 269. The third-order valence-corrected chi connectivity index (χ3v) is 2.37. The minimum absolute atomic E-state index is 0.0418. The lowest BCUT2D eigenvalue weighted by molar-refractivity contribution is -0.114. The van der Waals surface area contributed by atoms with Crippen molar-refractivity contribution in [1.82, 2.24) is 0 Å². The Morgan fingerprint density at radius 2 is 2.25 bits per heavy atom. The molecule has 0 atom stereocenters. The highest BCUT2D eigenvalue weighted by molar-refractivity contribution is 5.95. The summed E-state index contributed by atoms with van der Waals surface area (Å²) in [7, 11) is 0. The SMILES string of the molecule is CC1(/C=C(\C#N)C(N)=O)CCC1. The van der Waals surface area contributed by atoms with Crippen molar-refractivity contribution in [3.8, 4) is 6.07 Å². The predicted octanol–water partition coefficient (Wildman–Crippen LogP) is 1.11. The molecule has 0 unspecified atom stereocenters. The van der Waals surface area contributed by atoms with E-state index in [0.29, 0.717) is 0 Å². The molecule has 0 aromatic rings. The van der Waals surface area contributed by atoms with Crippen LogP contribution in [0.4, 0.5) is 0 Å². The van der Waals surface area contributed by atoms with Gasteiger partial charge >= 0.3 is 0 Å². The molecule has 0 heterocycles. The maximum absolute atomic E-state index is 10.7. The van der Waals surface area contributed by atoms with Gasteiger partial charge in [0.05, 0.1) is 0 Å². The van der Waals surface area contributed by atoms with E-state index in [1.807, 2.05) is 13.0 Å². The van der Waals surface area contributed by atoms with E-state index in [1.165, 1.54) is 6.42 Å². The van der Waals surface area contributed by atoms with E-state index in [0.717, 1.165) is 12.8 Å². The fourth-order valence-electron chi connectivity index (χ4n) is 1.39. The first-order valence-corrected chi connectivity index (χ1v) is 4.00. The van der Waals surface area contributed by atoms with Crippen LogP contribution in [-0.4, -0.2) is 5.91 Å². The van der Waals surface area contributed by atoms with Crippen LogP contribution in [0, 0.1) is 16.7 Å². The molecule has 64 valence electrons. The van der Waals surface area contributed by atoms with Crippen LogP contribution in [-0.2, 0) is 4.79 Å². The maximum Gasteiger partial charge on any atom is 0.259 e. The molecule has 1 fully saturated rings. The molecule has 0 aromatic heterocycles. The van der Waals surface area contributed by atoms with Crippen LogP contribution in [0.5, 0.6) is 0 Å². The number of nitrogens with zero attached hydrogens (tertiary/aromatic N) is 1. The molecule has 1 aliphatic rings. The fourth-order valence-corrected chi connectivity index (χ4v) is 1.39. The second-order valence-electron chi connectivity index (χ2n) is 3.54. The van der Waals surface area contributed by atoms with Gasteiger partial charge in [0.15, 0.2) is 0 Å². The Kier molecular flexibility index (Phi) is 2.18. The van der Waals surface area contributed by atoms with Crippen LogP contribution in [0.25, 0.3) is 0 Å². The number of rotatable bonds is 2. The topological polar surface area (TPSA) is 66.9 Å². The van der Waals surface area contributed by atoms with Crippen molar-refractivity contribution in [2.45, 2.75) is 26.2 Å². The van der Waals surface area contributed by atoms with E-state index in [9.17, 15) is 4.79 Å². The molecule has 1 amide bonds. The first kappa shape index (κ1) is 8.79. The van der Waals surface area contributed by atoms with Crippen LogP contribution in [0.2, 0.25) is 0 Å². The quantitative estimate of drug-likeness (QED) is 0.490. The van der Waals surface area contributed by atoms with E-state index >= 15 is 0 Å². The number of nitriles is 1. The molecule has 12 heavy (non-hydrogen) atoms. The fraction of sp³-hybridized carbons (Fsp3) is 0.556. The lowest BCUT2D eigenvalue weighted by Crippen LogP contribution is -2.25. The standard InChI is InChI=1S/C9H12N2O/c1-9(3-2-4-9)5-7(6-10)8(11)12/h5H,2-4H2,1H3,(H2,11,12)/b7-5+. The third kappa shape index (κ3) is 1.65. The van der Waals surface area contributed by atoms with Crippen LogP contribution < -0.4 is 5.73 Å². The normalized spacial score (nSPS) is 20.8. The van der Waals surface area contributed by atoms with Crippen molar-refractivity contribution in [1.29, 1.82) is 5.26 Å². The molecule has 0 aliphatic heterocycles. The molecule has 0 saturated heterocycles. The molecule has 3 heteroatoms. The summed E-state index contributed by atoms with van der Waals surface area (Å²) >= 11 is 0. The molecule has 0 bridgehead atoms. The number of hydrogen-bond acceptors (Lipinski definition) is 2. The van der Waals surface area contributed by atoms with Crippen LogP contribution in [0.1, 0.15) is 26.2 Å². The number of allylic oxidation sites excluding steroid dienone is 1. The zero-order valence-electron chi connectivity index (χ0n) is 7.13. The average Bonchev–Trinajstić information content (AvgIpc) is 1.96. The molecule has 2 N–H and O–H groups in total. The minimum Gasteiger partial charge on any atom is -0.365 e. The zero-order chi connectivity index (χ0) is 9.19. The Morgan fingerprint density at radius 1 is 1.67 bits per heavy atom. The smallest absolute Gasteiger partial charge is 0.259 e. The van der Waals surface area contributed by atoms with Gasteiger partial charge in [0.2, 0.25) is 0 Å². The van der Waals surface area contributed by atoms with Gasteiger partial charge in [0.1, 0.15) is 11.6 Å². The summed E-state index contributed by atoms with van der Waals surface area (Å²) in [6.45, 7) is 2.04. The molecule has 0 radical (unpaired) electrons. The summed E-state index contributed by atoms with van der Waals surface area (Å²) in [5, 5.41) is 8.56. The summed E-state index contributed by atoms with van der Waals surface area (Å²) in [4.78, 5) is 10.7. The highest BCUT2D eigenvalue weighted by Crippen LogP contribution is 2.42. The Balaban J connectivity index is 2.78. The lowest BCUT2D eigenvalue weighted by Gasteiger charge is -2.35. The second kappa shape index (κ2) is 2.98. The number of nitrogens with two attached hydrogens (primary N) is 1. The summed E-state index contributed by atoms with van der Waals surface area (Å²) in [6.07, 6.45) is 4.97. The summed E-state index contributed by atoms with van der Waals surface area (Å²) in [6, 6.07) is 1.81. The van der Waals surface area contributed by atoms with Gasteiger partial charge in [-0.3, -0.25) is 4.79 Å². The highest BCUT2D eigenvalue weighted by Gasteiger charge is 2.30. The van der Waals surface area contributed by atoms with E-state index < -0.39 is 5.91 Å². The van der Waals surface area contributed by atoms with E-state index in [2.05, 4.69) is 0 Å². The third-order valence-electron chi connectivity index (χ3n) is 2.37. The first-order valence-electron chi connectivity index (χ1n) is 4.00. The first-order chi connectivity index (χ1) is 5.57. The Hall–Kier alpha value is -1.30. The van der Waals surface area contributed by atoms with Gasteiger partial charge in [-0.25, -0.2) is 0 Å². The summed E-state index contributed by atoms with van der Waals surface area (Å²) < 4.78 is 0. The maximum atomic E-state index is 10.7. The number of primary amides is 1. The average molecular weight is 164 g/mol. The van der Waals surface area contributed by atoms with Gasteiger partial charge in [-0.15, -0.1) is 0 Å². The number of hydrogen-bond donors (Lipinski definition) is 1. The number of carbonyl (C=O) groups excluding carboxylic acids is 1. The van der Waals surface area contributed by atoms with Crippen molar-refractivity contribution >= 4 is 5.91 Å². The van der Waals surface area contributed by atoms with Gasteiger partial charge in [0, 0.05) is 0 Å². The van der Waals surface area contributed by atoms with Crippen LogP contribution in [0.15, 0.2) is 11.6 Å². The molecule has 3 nitrogen and oxygen atoms in total. The Labute approximate surface area is 71.9 Å². The van der Waals surface area contributed by atoms with Crippen molar-refractivity contribution in [3.05, 3.63) is 11.6 Å². The molecule has 1 saturated carbocycles. The number of amides is 1. The number of carbonyl (C=O) groups is 1. The van der Waals surface area contributed by atoms with Crippen LogP contribution >= 0.6 is 0 Å². The summed E-state index contributed by atoms with van der Waals surface area (Å²) in [5.41, 5.74) is 5.14. The van der Waals surface area contributed by atoms with Crippen molar-refractivity contribution < 1.29 is 4.79 Å². The van der Waals surface area contributed by atoms with Gasteiger partial charge in [0.25, 0.3) is 5.91 Å². The van der Waals surface area contributed by atoms with Gasteiger partial charge < -0.3 is 5.73 Å². The van der Waals surface area contributed by atoms with E-state index in [4.69, 9.17) is 11.0 Å². The molecule has 1 rings (SSSR count). The monoisotopic (exact) mass is 164 g/mol. The minimum atomic E-state index is -0.620. The predicted molar refractivity (Wildman–Crippen MR) is 44.8 cm³/mol. The van der Waals surface area contributed by atoms with Crippen LogP contribution in [0.3, 0.4) is 0 Å². The van der Waals surface area contributed by atoms with Gasteiger partial charge in [-0.2, -0.15) is 5.26 Å². The molecule has 0 aromatic carbocycles. The molecule has 0 spiro atoms. The van der Waals surface area contributed by atoms with E-state index in [1.54, 1.807) is 6.08 Å². The Morgan fingerprint density at radius 3 is 2.50 bits per heavy atom. The van der Waals surface area contributed by atoms with Gasteiger partial charge in [-0.1, -0.05) is 19.4 Å². The largest absolute Gasteiger partial charge is 0.365 e. The second-order valence-corrected chi connectivity index (χ2v) is 3.54.